The average Bonchev–Trinajstić information content (AvgIpc) is 2.42. The van der Waals surface area contributed by atoms with E-state index in [-0.39, 0.29) is 17.2 Å². The zero-order valence-corrected chi connectivity index (χ0v) is 12.6. The molecule has 3 N–H and O–H groups in total. The number of halogens is 1. The molecule has 0 bridgehead atoms. The molecule has 0 saturated carbocycles. The molecule has 0 saturated heterocycles. The van der Waals surface area contributed by atoms with Gasteiger partial charge in [-0.3, -0.25) is 5.43 Å². The lowest BCUT2D eigenvalue weighted by atomic mass is 9.86. The first-order chi connectivity index (χ1) is 9.81. The molecule has 0 amide bonds. The average molecular weight is 290 g/mol. The van der Waals surface area contributed by atoms with Crippen LogP contribution in [-0.2, 0) is 5.41 Å². The fourth-order valence-corrected chi connectivity index (χ4v) is 1.83. The molecule has 6 heteroatoms. The number of nitrogens with two attached hydrogens (primary N) is 1. The molecule has 112 valence electrons. The summed E-state index contributed by atoms with van der Waals surface area (Å²) in [4.78, 5) is 7.52. The quantitative estimate of drug-likeness (QED) is 0.670. The Hall–Kier alpha value is -2.21. The van der Waals surface area contributed by atoms with E-state index in [4.69, 9.17) is 10.6 Å². The van der Waals surface area contributed by atoms with Crippen LogP contribution in [0.4, 0.5) is 10.3 Å². The molecule has 0 fully saturated rings. The molecule has 0 unspecified atom stereocenters. The maximum atomic E-state index is 13.7. The van der Waals surface area contributed by atoms with Gasteiger partial charge in [0.15, 0.2) is 0 Å². The molecule has 21 heavy (non-hydrogen) atoms. The monoisotopic (exact) mass is 290 g/mol. The molecule has 0 aliphatic heterocycles. The minimum atomic E-state index is -0.645. The van der Waals surface area contributed by atoms with Gasteiger partial charge in [0.2, 0.25) is 11.8 Å². The largest absolute Gasteiger partial charge is 0.436 e. The molecule has 1 heterocycles. The number of hydrogen-bond acceptors (Lipinski definition) is 5. The van der Waals surface area contributed by atoms with Crippen LogP contribution in [0.2, 0.25) is 0 Å². The first-order valence-corrected chi connectivity index (χ1v) is 6.59. The van der Waals surface area contributed by atoms with Gasteiger partial charge in [-0.25, -0.2) is 10.8 Å². The Bertz CT molecular complexity index is 653. The fourth-order valence-electron chi connectivity index (χ4n) is 1.83. The van der Waals surface area contributed by atoms with Gasteiger partial charge in [0.05, 0.1) is 6.20 Å². The molecule has 5 nitrogen and oxygen atoms in total. The third-order valence-electron chi connectivity index (χ3n) is 3.09. The van der Waals surface area contributed by atoms with Crippen LogP contribution in [0.1, 0.15) is 31.9 Å². The smallest absolute Gasteiger partial charge is 0.260 e. The van der Waals surface area contributed by atoms with Crippen molar-refractivity contribution in [2.75, 3.05) is 5.43 Å². The van der Waals surface area contributed by atoms with Crippen LogP contribution in [0.15, 0.2) is 24.4 Å². The second-order valence-electron chi connectivity index (χ2n) is 5.82. The highest BCUT2D eigenvalue weighted by molar-refractivity contribution is 5.41. The zero-order valence-electron chi connectivity index (χ0n) is 12.6. The predicted octanol–water partition coefficient (Wildman–Crippen LogP) is 3.30. The minimum absolute atomic E-state index is 0.0418. The lowest BCUT2D eigenvalue weighted by molar-refractivity contribution is 0.417. The van der Waals surface area contributed by atoms with E-state index in [1.807, 2.05) is 25.1 Å². The van der Waals surface area contributed by atoms with Gasteiger partial charge >= 0.3 is 0 Å². The second-order valence-corrected chi connectivity index (χ2v) is 5.82. The summed E-state index contributed by atoms with van der Waals surface area (Å²) >= 11 is 0. The van der Waals surface area contributed by atoms with Gasteiger partial charge in [0, 0.05) is 0 Å². The van der Waals surface area contributed by atoms with E-state index in [2.05, 4.69) is 36.2 Å². The number of nitrogens with one attached hydrogen (secondary N) is 1. The Labute approximate surface area is 123 Å². The molecule has 1 aromatic heterocycles. The van der Waals surface area contributed by atoms with Crippen molar-refractivity contribution in [2.24, 2.45) is 5.84 Å². The van der Waals surface area contributed by atoms with E-state index < -0.39 is 5.82 Å². The summed E-state index contributed by atoms with van der Waals surface area (Å²) in [7, 11) is 0. The number of nitrogens with zero attached hydrogens (tertiary/aromatic N) is 2. The third kappa shape index (κ3) is 3.46. The Morgan fingerprint density at radius 1 is 1.29 bits per heavy atom. The number of hydrogen-bond donors (Lipinski definition) is 2. The van der Waals surface area contributed by atoms with Crippen LogP contribution in [0, 0.1) is 12.7 Å². The maximum absolute atomic E-state index is 13.7. The van der Waals surface area contributed by atoms with Gasteiger partial charge in [0.1, 0.15) is 5.75 Å². The summed E-state index contributed by atoms with van der Waals surface area (Å²) in [6.07, 6.45) is 1.01. The van der Waals surface area contributed by atoms with Crippen LogP contribution < -0.4 is 16.0 Å². The number of ether oxygens (including phenoxy) is 1. The summed E-state index contributed by atoms with van der Waals surface area (Å²) < 4.78 is 19.2. The highest BCUT2D eigenvalue weighted by Crippen LogP contribution is 2.30. The highest BCUT2D eigenvalue weighted by Gasteiger charge is 2.16. The van der Waals surface area contributed by atoms with E-state index in [9.17, 15) is 4.39 Å². The van der Waals surface area contributed by atoms with Crippen LogP contribution in [0.5, 0.6) is 11.6 Å². The molecular formula is C15H19FN4O. The molecule has 1 aromatic carbocycles. The van der Waals surface area contributed by atoms with Crippen molar-refractivity contribution in [3.05, 3.63) is 41.3 Å². The maximum Gasteiger partial charge on any atom is 0.260 e. The fraction of sp³-hybridized carbons (Fsp3) is 0.333. The number of anilines is 1. The number of benzene rings is 1. The Morgan fingerprint density at radius 3 is 2.57 bits per heavy atom. The summed E-state index contributed by atoms with van der Waals surface area (Å²) in [5.41, 5.74) is 4.38. The van der Waals surface area contributed by atoms with Crippen molar-refractivity contribution in [3.63, 3.8) is 0 Å². The van der Waals surface area contributed by atoms with E-state index in [0.717, 1.165) is 11.8 Å². The highest BCUT2D eigenvalue weighted by atomic mass is 19.1. The van der Waals surface area contributed by atoms with Crippen LogP contribution in [0.3, 0.4) is 0 Å². The Kier molecular flexibility index (Phi) is 4.09. The van der Waals surface area contributed by atoms with Gasteiger partial charge in [-0.1, -0.05) is 32.9 Å². The molecule has 2 aromatic rings. The molecule has 0 aliphatic rings. The van der Waals surface area contributed by atoms with Crippen molar-refractivity contribution in [3.8, 4) is 11.6 Å². The number of aromatic nitrogens is 2. The van der Waals surface area contributed by atoms with Gasteiger partial charge in [-0.05, 0) is 29.5 Å². The van der Waals surface area contributed by atoms with E-state index in [0.29, 0.717) is 5.75 Å². The molecular weight excluding hydrogens is 271 g/mol. The lowest BCUT2D eigenvalue weighted by Crippen LogP contribution is -2.12. The third-order valence-corrected chi connectivity index (χ3v) is 3.09. The molecule has 0 radical (unpaired) electrons. The van der Waals surface area contributed by atoms with Gasteiger partial charge < -0.3 is 4.74 Å². The van der Waals surface area contributed by atoms with Gasteiger partial charge in [-0.15, -0.1) is 0 Å². The summed E-state index contributed by atoms with van der Waals surface area (Å²) in [6, 6.07) is 5.80. The van der Waals surface area contributed by atoms with Crippen molar-refractivity contribution >= 4 is 5.95 Å². The molecule has 2 rings (SSSR count). The summed E-state index contributed by atoms with van der Waals surface area (Å²) in [5.74, 6) is 5.04. The topological polar surface area (TPSA) is 73.1 Å². The van der Waals surface area contributed by atoms with Gasteiger partial charge in [0.25, 0.3) is 5.88 Å². The Morgan fingerprint density at radius 2 is 2.00 bits per heavy atom. The first kappa shape index (κ1) is 15.2. The summed E-state index contributed by atoms with van der Waals surface area (Å²) in [5, 5.41) is 0. The SMILES string of the molecule is Cc1cc(C(C)(C)C)ccc1Oc1nc(NN)ncc1F. The van der Waals surface area contributed by atoms with Crippen molar-refractivity contribution < 1.29 is 9.13 Å². The van der Waals surface area contributed by atoms with Crippen LogP contribution >= 0.6 is 0 Å². The predicted molar refractivity (Wildman–Crippen MR) is 79.8 cm³/mol. The minimum Gasteiger partial charge on any atom is -0.436 e. The first-order valence-electron chi connectivity index (χ1n) is 6.59. The molecule has 0 atom stereocenters. The van der Waals surface area contributed by atoms with Crippen molar-refractivity contribution in [1.29, 1.82) is 0 Å². The second kappa shape index (κ2) is 5.65. The van der Waals surface area contributed by atoms with E-state index >= 15 is 0 Å². The Balaban J connectivity index is 2.32. The number of rotatable bonds is 3. The number of hydrazine groups is 1. The van der Waals surface area contributed by atoms with E-state index in [1.165, 1.54) is 5.56 Å². The van der Waals surface area contributed by atoms with Gasteiger partial charge in [-0.2, -0.15) is 9.37 Å². The van der Waals surface area contributed by atoms with Crippen LogP contribution in [0.25, 0.3) is 0 Å². The van der Waals surface area contributed by atoms with Crippen molar-refractivity contribution in [2.45, 2.75) is 33.1 Å². The van der Waals surface area contributed by atoms with Crippen LogP contribution in [-0.4, -0.2) is 9.97 Å². The number of aryl methyl sites for hydroxylation is 1. The summed E-state index contributed by atoms with van der Waals surface area (Å²) in [6.45, 7) is 8.30. The molecule has 0 aliphatic carbocycles. The lowest BCUT2D eigenvalue weighted by Gasteiger charge is -2.20. The standard InChI is InChI=1S/C15H19FN4O/c1-9-7-10(15(2,3)4)5-6-12(9)21-13-11(16)8-18-14(19-13)20-17/h5-8H,17H2,1-4H3,(H,18,19,20). The van der Waals surface area contributed by atoms with E-state index in [1.54, 1.807) is 0 Å². The normalized spacial score (nSPS) is 11.3. The van der Waals surface area contributed by atoms with Crippen molar-refractivity contribution in [1.82, 2.24) is 9.97 Å². The zero-order chi connectivity index (χ0) is 15.6. The molecule has 0 spiro atoms. The number of nitrogen functional groups attached to an aromatic ring is 1.